The first-order chi connectivity index (χ1) is 7.46. The van der Waals surface area contributed by atoms with E-state index in [1.165, 1.54) is 0 Å². The van der Waals surface area contributed by atoms with E-state index < -0.39 is 8.24 Å². The summed E-state index contributed by atoms with van der Waals surface area (Å²) >= 11 is 0. The van der Waals surface area contributed by atoms with Crippen LogP contribution in [0.1, 0.15) is 29.3 Å². The van der Waals surface area contributed by atoms with E-state index in [9.17, 15) is 4.79 Å². The van der Waals surface area contributed by atoms with Crippen LogP contribution in [0.15, 0.2) is 24.3 Å². The predicted octanol–water partition coefficient (Wildman–Crippen LogP) is 3.34. The quantitative estimate of drug-likeness (QED) is 0.797. The number of amides is 1. The molecule has 1 N–H and O–H groups in total. The maximum atomic E-state index is 12.1. The molecule has 0 atom stereocenters. The van der Waals surface area contributed by atoms with Crippen molar-refractivity contribution in [3.8, 4) is 0 Å². The van der Waals surface area contributed by atoms with Crippen LogP contribution in [0.5, 0.6) is 0 Å². The summed E-state index contributed by atoms with van der Waals surface area (Å²) in [5, 5.41) is 0. The van der Waals surface area contributed by atoms with Gasteiger partial charge in [-0.3, -0.25) is 4.79 Å². The monoisotopic (exact) mass is 235 g/mol. The molecule has 0 unspecified atom stereocenters. The first-order valence-corrected chi connectivity index (χ1v) is 9.05. The van der Waals surface area contributed by atoms with Crippen LogP contribution in [0.25, 0.3) is 0 Å². The average Bonchev–Trinajstić information content (AvgIpc) is 2.17. The van der Waals surface area contributed by atoms with Crippen LogP contribution in [0, 0.1) is 6.92 Å². The second-order valence-corrected chi connectivity index (χ2v) is 9.42. The first-order valence-electron chi connectivity index (χ1n) is 5.84. The molecule has 1 aromatic carbocycles. The highest BCUT2D eigenvalue weighted by Gasteiger charge is 2.23. The summed E-state index contributed by atoms with van der Waals surface area (Å²) in [4.78, 5) is 15.3. The fourth-order valence-electron chi connectivity index (χ4n) is 1.89. The molecule has 0 aliphatic heterocycles. The van der Waals surface area contributed by atoms with E-state index in [2.05, 4.69) is 25.0 Å². The normalized spacial score (nSPS) is 11.2. The Kier molecular flexibility index (Phi) is 4.30. The molecule has 2 nitrogen and oxygen atoms in total. The number of carbonyl (C=O) groups is 1. The van der Waals surface area contributed by atoms with Crippen molar-refractivity contribution < 1.29 is 4.79 Å². The molecule has 0 aliphatic carbocycles. The Labute approximate surface area is 99.2 Å². The van der Waals surface area contributed by atoms with Gasteiger partial charge in [-0.2, -0.15) is 0 Å². The van der Waals surface area contributed by atoms with E-state index in [1.54, 1.807) is 0 Å². The van der Waals surface area contributed by atoms with Crippen LogP contribution in [0.4, 0.5) is 0 Å². The maximum absolute atomic E-state index is 12.1. The molecule has 3 heteroatoms. The third kappa shape index (κ3) is 3.49. The van der Waals surface area contributed by atoms with Gasteiger partial charge in [-0.25, -0.2) is 0 Å². The molecule has 88 valence electrons. The zero-order chi connectivity index (χ0) is 12.2. The van der Waals surface area contributed by atoms with Crippen molar-refractivity contribution in [1.82, 2.24) is 4.98 Å². The Morgan fingerprint density at radius 2 is 1.94 bits per heavy atom. The van der Waals surface area contributed by atoms with Crippen LogP contribution in [0.3, 0.4) is 0 Å². The van der Waals surface area contributed by atoms with Crippen molar-refractivity contribution >= 4 is 14.1 Å². The largest absolute Gasteiger partial charge is 0.378 e. The number of rotatable bonds is 4. The van der Waals surface area contributed by atoms with Gasteiger partial charge >= 0.3 is 0 Å². The minimum Gasteiger partial charge on any atom is -0.378 e. The smallest absolute Gasteiger partial charge is 0.243 e. The first kappa shape index (κ1) is 13.0. The molecule has 1 aromatic rings. The summed E-state index contributed by atoms with van der Waals surface area (Å²) in [5.74, 6) is 0.0863. The van der Waals surface area contributed by atoms with Crippen molar-refractivity contribution in [3.05, 3.63) is 35.4 Å². The summed E-state index contributed by atoms with van der Waals surface area (Å²) in [6, 6.07) is 8.87. The Balaban J connectivity index is 2.77. The molecular formula is C13H21NOSi. The van der Waals surface area contributed by atoms with Gasteiger partial charge in [0, 0.05) is 5.56 Å². The van der Waals surface area contributed by atoms with Crippen LogP contribution in [-0.2, 0) is 0 Å². The fourth-order valence-corrected chi connectivity index (χ4v) is 4.01. The van der Waals surface area contributed by atoms with Crippen LogP contribution in [-0.4, -0.2) is 14.1 Å². The van der Waals surface area contributed by atoms with Gasteiger partial charge in [0.2, 0.25) is 5.91 Å². The Morgan fingerprint density at radius 1 is 1.31 bits per heavy atom. The SMILES string of the molecule is CCC[Si](C)(C)NC(=O)c1ccccc1C. The van der Waals surface area contributed by atoms with Crippen LogP contribution < -0.4 is 4.98 Å². The third-order valence-corrected chi connectivity index (χ3v) is 5.37. The van der Waals surface area contributed by atoms with Gasteiger partial charge < -0.3 is 4.98 Å². The van der Waals surface area contributed by atoms with Crippen LogP contribution in [0.2, 0.25) is 19.1 Å². The lowest BCUT2D eigenvalue weighted by Crippen LogP contribution is -2.48. The van der Waals surface area contributed by atoms with Crippen molar-refractivity contribution in [3.63, 3.8) is 0 Å². The highest BCUT2D eigenvalue weighted by molar-refractivity contribution is 6.77. The van der Waals surface area contributed by atoms with Gasteiger partial charge in [-0.05, 0) is 24.6 Å². The maximum Gasteiger partial charge on any atom is 0.243 e. The number of nitrogens with one attached hydrogen (secondary N) is 1. The van der Waals surface area contributed by atoms with Crippen molar-refractivity contribution in [2.75, 3.05) is 0 Å². The van der Waals surface area contributed by atoms with E-state index in [1.807, 2.05) is 31.2 Å². The summed E-state index contributed by atoms with van der Waals surface area (Å²) < 4.78 is 0. The van der Waals surface area contributed by atoms with Crippen molar-refractivity contribution in [2.45, 2.75) is 39.4 Å². The summed E-state index contributed by atoms with van der Waals surface area (Å²) in [5.41, 5.74) is 1.85. The molecule has 0 aromatic heterocycles. The fraction of sp³-hybridized carbons (Fsp3) is 0.462. The molecular weight excluding hydrogens is 214 g/mol. The number of carbonyl (C=O) groups excluding carboxylic acids is 1. The molecule has 16 heavy (non-hydrogen) atoms. The van der Waals surface area contributed by atoms with Crippen molar-refractivity contribution in [2.24, 2.45) is 0 Å². The summed E-state index contributed by atoms with van der Waals surface area (Å²) in [7, 11) is -1.57. The Hall–Kier alpha value is -1.09. The topological polar surface area (TPSA) is 29.1 Å². The zero-order valence-electron chi connectivity index (χ0n) is 10.6. The minimum atomic E-state index is -1.57. The summed E-state index contributed by atoms with van der Waals surface area (Å²) in [6.07, 6.45) is 1.13. The van der Waals surface area contributed by atoms with E-state index >= 15 is 0 Å². The van der Waals surface area contributed by atoms with Gasteiger partial charge in [0.25, 0.3) is 0 Å². The highest BCUT2D eigenvalue weighted by Crippen LogP contribution is 2.12. The van der Waals surface area contributed by atoms with E-state index in [0.717, 1.165) is 23.6 Å². The van der Waals surface area contributed by atoms with E-state index in [4.69, 9.17) is 0 Å². The minimum absolute atomic E-state index is 0.0863. The molecule has 0 radical (unpaired) electrons. The lowest BCUT2D eigenvalue weighted by molar-refractivity contribution is 0.0977. The zero-order valence-corrected chi connectivity index (χ0v) is 11.6. The van der Waals surface area contributed by atoms with Crippen molar-refractivity contribution in [1.29, 1.82) is 0 Å². The van der Waals surface area contributed by atoms with Gasteiger partial charge in [-0.1, -0.05) is 44.6 Å². The molecule has 0 saturated carbocycles. The Morgan fingerprint density at radius 3 is 2.50 bits per heavy atom. The molecule has 0 saturated heterocycles. The number of hydrogen-bond acceptors (Lipinski definition) is 1. The standard InChI is InChI=1S/C13H21NOSi/c1-5-10-16(3,4)14-13(15)12-9-7-6-8-11(12)2/h6-9H,5,10H2,1-4H3,(H,14,15). The highest BCUT2D eigenvalue weighted by atomic mass is 28.3. The van der Waals surface area contributed by atoms with E-state index in [-0.39, 0.29) is 5.91 Å². The van der Waals surface area contributed by atoms with E-state index in [0.29, 0.717) is 0 Å². The van der Waals surface area contributed by atoms with Gasteiger partial charge in [0.15, 0.2) is 8.24 Å². The molecule has 1 amide bonds. The molecule has 0 heterocycles. The second-order valence-electron chi connectivity index (χ2n) is 4.90. The predicted molar refractivity (Wildman–Crippen MR) is 71.2 cm³/mol. The lowest BCUT2D eigenvalue weighted by atomic mass is 10.1. The number of benzene rings is 1. The summed E-state index contributed by atoms with van der Waals surface area (Å²) in [6.45, 7) is 8.54. The second kappa shape index (κ2) is 5.30. The number of aryl methyl sites for hydroxylation is 1. The molecule has 1 rings (SSSR count). The Bertz CT molecular complexity index is 374. The number of hydrogen-bond donors (Lipinski definition) is 1. The van der Waals surface area contributed by atoms with Gasteiger partial charge in [0.1, 0.15) is 0 Å². The lowest BCUT2D eigenvalue weighted by Gasteiger charge is -2.23. The van der Waals surface area contributed by atoms with Crippen LogP contribution >= 0.6 is 0 Å². The molecule has 0 spiro atoms. The molecule has 0 fully saturated rings. The van der Waals surface area contributed by atoms with Gasteiger partial charge in [0.05, 0.1) is 0 Å². The molecule has 0 aliphatic rings. The average molecular weight is 235 g/mol. The third-order valence-electron chi connectivity index (χ3n) is 2.72. The van der Waals surface area contributed by atoms with Gasteiger partial charge in [-0.15, -0.1) is 0 Å². The molecule has 0 bridgehead atoms.